The van der Waals surface area contributed by atoms with Crippen molar-refractivity contribution in [1.82, 2.24) is 9.97 Å². The molecule has 7 nitrogen and oxygen atoms in total. The summed E-state index contributed by atoms with van der Waals surface area (Å²) in [4.78, 5) is 20.2. The van der Waals surface area contributed by atoms with Crippen LogP contribution in [-0.2, 0) is 4.79 Å². The maximum atomic E-state index is 12.1. The van der Waals surface area contributed by atoms with Gasteiger partial charge in [0.15, 0.2) is 0 Å². The van der Waals surface area contributed by atoms with E-state index < -0.39 is 5.97 Å². The first kappa shape index (κ1) is 18.9. The Kier molecular flexibility index (Phi) is 5.86. The Morgan fingerprint density at radius 1 is 0.821 bits per heavy atom. The summed E-state index contributed by atoms with van der Waals surface area (Å²) < 4.78 is 15.8. The zero-order valence-electron chi connectivity index (χ0n) is 15.3. The van der Waals surface area contributed by atoms with E-state index in [0.717, 1.165) is 0 Å². The predicted octanol–water partition coefficient (Wildman–Crippen LogP) is 3.42. The topological polar surface area (TPSA) is 90.8 Å². The summed E-state index contributed by atoms with van der Waals surface area (Å²) in [5.74, 6) is -1.19. The number of carbonyl (C=O) groups is 1. The van der Waals surface area contributed by atoms with E-state index in [0.29, 0.717) is 16.7 Å². The third-order valence-electron chi connectivity index (χ3n) is 3.82. The van der Waals surface area contributed by atoms with Gasteiger partial charge < -0.3 is 19.3 Å². The number of benzene rings is 2. The van der Waals surface area contributed by atoms with Gasteiger partial charge in [-0.1, -0.05) is 60.7 Å². The first-order chi connectivity index (χ1) is 13.6. The number of methoxy groups -OCH3 is 2. The van der Waals surface area contributed by atoms with E-state index in [9.17, 15) is 9.90 Å². The zero-order chi connectivity index (χ0) is 19.9. The Morgan fingerprint density at radius 2 is 1.29 bits per heavy atom. The van der Waals surface area contributed by atoms with E-state index in [2.05, 4.69) is 9.97 Å². The van der Waals surface area contributed by atoms with Crippen molar-refractivity contribution in [2.45, 2.75) is 0 Å². The highest BCUT2D eigenvalue weighted by Crippen LogP contribution is 2.29. The van der Waals surface area contributed by atoms with Crippen LogP contribution in [0, 0.1) is 0 Å². The van der Waals surface area contributed by atoms with Gasteiger partial charge in [-0.15, -0.1) is 0 Å². The lowest BCUT2D eigenvalue weighted by Crippen LogP contribution is -2.13. The van der Waals surface area contributed by atoms with Crippen LogP contribution in [0.4, 0.5) is 0 Å². The summed E-state index contributed by atoms with van der Waals surface area (Å²) >= 11 is 0. The molecule has 0 unspecified atom stereocenters. The number of aliphatic carboxylic acids is 1. The van der Waals surface area contributed by atoms with Crippen LogP contribution in [0.5, 0.6) is 17.8 Å². The monoisotopic (exact) mass is 378 g/mol. The molecule has 1 N–H and O–H groups in total. The van der Waals surface area contributed by atoms with Crippen molar-refractivity contribution < 1.29 is 24.1 Å². The minimum absolute atomic E-state index is 0.188. The smallest absolute Gasteiger partial charge is 0.372 e. The minimum atomic E-state index is -1.26. The lowest BCUT2D eigenvalue weighted by atomic mass is 9.96. The number of carboxylic acid groups (broad SMARTS) is 1. The van der Waals surface area contributed by atoms with Crippen molar-refractivity contribution in [2.75, 3.05) is 14.2 Å². The molecular weight excluding hydrogens is 360 g/mol. The van der Waals surface area contributed by atoms with Crippen LogP contribution in [0.2, 0.25) is 0 Å². The highest BCUT2D eigenvalue weighted by atomic mass is 16.5. The Balaban J connectivity index is 2.18. The average molecular weight is 378 g/mol. The van der Waals surface area contributed by atoms with Gasteiger partial charge in [0.25, 0.3) is 0 Å². The molecule has 2 aromatic carbocycles. The van der Waals surface area contributed by atoms with Gasteiger partial charge in [-0.2, -0.15) is 9.97 Å². The van der Waals surface area contributed by atoms with Gasteiger partial charge in [-0.05, 0) is 11.1 Å². The molecule has 1 aromatic heterocycles. The van der Waals surface area contributed by atoms with Crippen LogP contribution in [0.25, 0.3) is 5.57 Å². The molecule has 0 saturated carbocycles. The number of rotatable bonds is 7. The maximum absolute atomic E-state index is 12.1. The van der Waals surface area contributed by atoms with Crippen LogP contribution < -0.4 is 14.2 Å². The molecule has 0 spiro atoms. The zero-order valence-corrected chi connectivity index (χ0v) is 15.3. The lowest BCUT2D eigenvalue weighted by molar-refractivity contribution is -0.135. The molecule has 3 aromatic rings. The molecule has 0 fully saturated rings. The quantitative estimate of drug-likeness (QED) is 0.497. The van der Waals surface area contributed by atoms with Gasteiger partial charge in [-0.25, -0.2) is 4.79 Å². The molecule has 0 aliphatic carbocycles. The van der Waals surface area contributed by atoms with Gasteiger partial charge in [0.1, 0.15) is 0 Å². The van der Waals surface area contributed by atoms with Crippen LogP contribution in [0.15, 0.2) is 72.5 Å². The maximum Gasteiger partial charge on any atom is 0.372 e. The van der Waals surface area contributed by atoms with Crippen molar-refractivity contribution in [3.05, 3.63) is 83.6 Å². The summed E-state index contributed by atoms with van der Waals surface area (Å²) in [6.07, 6.45) is 0. The summed E-state index contributed by atoms with van der Waals surface area (Å²) in [6.45, 7) is 0. The number of ether oxygens (including phenoxy) is 3. The van der Waals surface area contributed by atoms with E-state index in [1.54, 1.807) is 0 Å². The molecule has 0 atom stereocenters. The number of aromatic nitrogens is 2. The van der Waals surface area contributed by atoms with Crippen molar-refractivity contribution in [3.63, 3.8) is 0 Å². The second kappa shape index (κ2) is 8.68. The molecule has 1 heterocycles. The van der Waals surface area contributed by atoms with E-state index in [1.165, 1.54) is 20.3 Å². The molecule has 3 rings (SSSR count). The number of carboxylic acids is 1. The highest BCUT2D eigenvalue weighted by Gasteiger charge is 2.22. The third-order valence-corrected chi connectivity index (χ3v) is 3.82. The van der Waals surface area contributed by atoms with Gasteiger partial charge in [-0.3, -0.25) is 0 Å². The van der Waals surface area contributed by atoms with Gasteiger partial charge in [0.05, 0.1) is 20.3 Å². The first-order valence-electron chi connectivity index (χ1n) is 8.35. The number of nitrogens with zero attached hydrogens (tertiary/aromatic N) is 2. The predicted molar refractivity (Wildman–Crippen MR) is 102 cm³/mol. The molecule has 0 radical (unpaired) electrons. The fourth-order valence-corrected chi connectivity index (χ4v) is 2.57. The van der Waals surface area contributed by atoms with E-state index in [1.807, 2.05) is 60.7 Å². The van der Waals surface area contributed by atoms with Crippen LogP contribution >= 0.6 is 0 Å². The SMILES string of the molecule is COc1cc(OC)nc(OC(C(=O)O)=C(c2ccccc2)c2ccccc2)n1. The van der Waals surface area contributed by atoms with Crippen LogP contribution in [-0.4, -0.2) is 35.3 Å². The van der Waals surface area contributed by atoms with Crippen LogP contribution in [0.1, 0.15) is 11.1 Å². The first-order valence-corrected chi connectivity index (χ1v) is 8.35. The van der Waals surface area contributed by atoms with Gasteiger partial charge in [0, 0.05) is 5.57 Å². The molecule has 0 saturated heterocycles. The van der Waals surface area contributed by atoms with E-state index in [4.69, 9.17) is 14.2 Å². The Labute approximate surface area is 161 Å². The largest absolute Gasteiger partial charge is 0.481 e. The van der Waals surface area contributed by atoms with E-state index in [-0.39, 0.29) is 23.5 Å². The second-order valence-electron chi connectivity index (χ2n) is 5.58. The molecule has 0 aliphatic heterocycles. The minimum Gasteiger partial charge on any atom is -0.481 e. The van der Waals surface area contributed by atoms with Gasteiger partial charge >= 0.3 is 12.0 Å². The average Bonchev–Trinajstić information content (AvgIpc) is 2.74. The fourth-order valence-electron chi connectivity index (χ4n) is 2.57. The van der Waals surface area contributed by atoms with Crippen molar-refractivity contribution in [2.24, 2.45) is 0 Å². The standard InChI is InChI=1S/C21H18N2O5/c1-26-16-13-17(27-2)23-21(22-16)28-19(20(24)25)18(14-9-5-3-6-10-14)15-11-7-4-8-12-15/h3-13H,1-2H3,(H,24,25). The number of hydrogen-bond donors (Lipinski definition) is 1. The Morgan fingerprint density at radius 3 is 1.68 bits per heavy atom. The molecule has 0 bridgehead atoms. The van der Waals surface area contributed by atoms with Crippen molar-refractivity contribution in [1.29, 1.82) is 0 Å². The third kappa shape index (κ3) is 4.27. The molecule has 0 amide bonds. The number of hydrogen-bond acceptors (Lipinski definition) is 6. The van der Waals surface area contributed by atoms with Gasteiger partial charge in [0.2, 0.25) is 17.5 Å². The molecule has 0 aliphatic rings. The normalized spacial score (nSPS) is 10.1. The Hall–Kier alpha value is -3.87. The molecular formula is C21H18N2O5. The van der Waals surface area contributed by atoms with E-state index >= 15 is 0 Å². The molecule has 142 valence electrons. The Bertz CT molecular complexity index is 924. The highest BCUT2D eigenvalue weighted by molar-refractivity contribution is 5.99. The summed E-state index contributed by atoms with van der Waals surface area (Å²) in [5, 5.41) is 9.88. The summed E-state index contributed by atoms with van der Waals surface area (Å²) in [7, 11) is 2.86. The fraction of sp³-hybridized carbons (Fsp3) is 0.0952. The summed E-state index contributed by atoms with van der Waals surface area (Å²) in [5.41, 5.74) is 1.76. The molecule has 7 heteroatoms. The van der Waals surface area contributed by atoms with Crippen molar-refractivity contribution >= 4 is 11.5 Å². The summed E-state index contributed by atoms with van der Waals surface area (Å²) in [6, 6.07) is 19.5. The van der Waals surface area contributed by atoms with Crippen molar-refractivity contribution in [3.8, 4) is 17.8 Å². The second-order valence-corrected chi connectivity index (χ2v) is 5.58. The lowest BCUT2D eigenvalue weighted by Gasteiger charge is -2.14. The van der Waals surface area contributed by atoms with Crippen LogP contribution in [0.3, 0.4) is 0 Å². The molecule has 28 heavy (non-hydrogen) atoms.